The Kier molecular flexibility index (Phi) is 6.01. The summed E-state index contributed by atoms with van der Waals surface area (Å²) < 4.78 is 0. The molecule has 1 saturated carbocycles. The maximum Gasteiger partial charge on any atom is 0.124 e. The van der Waals surface area contributed by atoms with Gasteiger partial charge < -0.3 is 9.90 Å². The number of carbonyl (C=O) groups excluding carboxylic acids is 1. The second kappa shape index (κ2) is 8.44. The monoisotopic (exact) mass is 360 g/mol. The van der Waals surface area contributed by atoms with E-state index in [9.17, 15) is 9.90 Å². The molecule has 1 aromatic rings. The maximum absolute atomic E-state index is 10.9. The van der Waals surface area contributed by atoms with Crippen LogP contribution in [0.15, 0.2) is 52.6 Å². The molecule has 0 saturated heterocycles. The molecule has 1 atom stereocenters. The smallest absolute Gasteiger partial charge is 0.124 e. The number of carbonyl (C=O) groups is 1. The number of aryl methyl sites for hydroxylation is 2. The van der Waals surface area contributed by atoms with Crippen molar-refractivity contribution < 1.29 is 9.90 Å². The summed E-state index contributed by atoms with van der Waals surface area (Å²) >= 11 is 0. The molecular weight excluding hydrogens is 332 g/mol. The lowest BCUT2D eigenvalue weighted by molar-refractivity contribution is -0.107. The average Bonchev–Trinajstić information content (AvgIpc) is 3.42. The quantitative estimate of drug-likeness (QED) is 0.398. The molecule has 3 rings (SSSR count). The highest BCUT2D eigenvalue weighted by atomic mass is 16.3. The summed E-state index contributed by atoms with van der Waals surface area (Å²) in [6.45, 7) is 4.30. The summed E-state index contributed by atoms with van der Waals surface area (Å²) in [7, 11) is 0. The van der Waals surface area contributed by atoms with E-state index in [4.69, 9.17) is 6.42 Å². The van der Waals surface area contributed by atoms with Crippen molar-refractivity contribution in [3.8, 4) is 18.1 Å². The van der Waals surface area contributed by atoms with Crippen LogP contribution in [0.3, 0.4) is 0 Å². The van der Waals surface area contributed by atoms with Crippen LogP contribution in [0.25, 0.3) is 0 Å². The minimum Gasteiger partial charge on any atom is -0.508 e. The zero-order valence-corrected chi connectivity index (χ0v) is 16.3. The van der Waals surface area contributed by atoms with E-state index in [1.807, 2.05) is 19.1 Å². The van der Waals surface area contributed by atoms with Crippen molar-refractivity contribution in [2.75, 3.05) is 0 Å². The van der Waals surface area contributed by atoms with E-state index in [2.05, 4.69) is 25.0 Å². The Bertz CT molecular complexity index is 857. The number of rotatable bonds is 7. The molecule has 1 N–H and O–H groups in total. The van der Waals surface area contributed by atoms with Crippen molar-refractivity contribution in [1.29, 1.82) is 0 Å². The van der Waals surface area contributed by atoms with Gasteiger partial charge in [-0.2, -0.15) is 0 Å². The molecule has 0 bridgehead atoms. The van der Waals surface area contributed by atoms with E-state index < -0.39 is 0 Å². The Morgan fingerprint density at radius 2 is 2.15 bits per heavy atom. The normalized spacial score (nSPS) is 21.6. The van der Waals surface area contributed by atoms with E-state index in [1.165, 1.54) is 35.1 Å². The van der Waals surface area contributed by atoms with Crippen LogP contribution in [0.5, 0.6) is 5.75 Å². The topological polar surface area (TPSA) is 37.3 Å². The van der Waals surface area contributed by atoms with Crippen LogP contribution in [0.2, 0.25) is 0 Å². The van der Waals surface area contributed by atoms with Gasteiger partial charge in [-0.3, -0.25) is 0 Å². The van der Waals surface area contributed by atoms with Gasteiger partial charge in [-0.05, 0) is 91.8 Å². The van der Waals surface area contributed by atoms with E-state index in [1.54, 1.807) is 6.07 Å². The van der Waals surface area contributed by atoms with Gasteiger partial charge in [0.2, 0.25) is 0 Å². The molecule has 0 heterocycles. The van der Waals surface area contributed by atoms with E-state index in [0.717, 1.165) is 36.7 Å². The standard InChI is InChI=1S/C25H28O2/c1-4-25-21(13-14-26)8-10-23(25)16-22(18(3)20-6-7-20)9-5-19-11-12-24(27)15-17(19)2/h1,8,11-12,14-16,20,25,27H,5-7,9-10,13H2,2-3H3/b22-18+,23-16-. The predicted molar refractivity (Wildman–Crippen MR) is 110 cm³/mol. The van der Waals surface area contributed by atoms with Crippen molar-refractivity contribution in [1.82, 2.24) is 0 Å². The highest BCUT2D eigenvalue weighted by Crippen LogP contribution is 2.40. The molecule has 2 heteroatoms. The van der Waals surface area contributed by atoms with Crippen molar-refractivity contribution in [2.45, 2.75) is 52.4 Å². The number of hydrogen-bond donors (Lipinski definition) is 1. The first-order valence-corrected chi connectivity index (χ1v) is 9.80. The minimum absolute atomic E-state index is 0.0346. The van der Waals surface area contributed by atoms with Gasteiger partial charge in [-0.25, -0.2) is 0 Å². The fraction of sp³-hybridized carbons (Fsp3) is 0.400. The summed E-state index contributed by atoms with van der Waals surface area (Å²) in [4.78, 5) is 10.9. The number of phenolic OH excluding ortho intramolecular Hbond substituents is 1. The lowest BCUT2D eigenvalue weighted by Crippen LogP contribution is -2.02. The summed E-state index contributed by atoms with van der Waals surface area (Å²) in [6, 6.07) is 5.61. The third-order valence-electron chi connectivity index (χ3n) is 5.87. The first-order chi connectivity index (χ1) is 13.0. The molecule has 140 valence electrons. The van der Waals surface area contributed by atoms with Crippen LogP contribution in [0.1, 0.15) is 50.2 Å². The van der Waals surface area contributed by atoms with E-state index in [0.29, 0.717) is 18.1 Å². The predicted octanol–water partition coefficient (Wildman–Crippen LogP) is 5.45. The first kappa shape index (κ1) is 19.2. The molecule has 2 aliphatic carbocycles. The number of benzene rings is 1. The van der Waals surface area contributed by atoms with Gasteiger partial charge in [0, 0.05) is 6.42 Å². The Labute approximate surface area is 162 Å². The minimum atomic E-state index is -0.0346. The van der Waals surface area contributed by atoms with E-state index in [-0.39, 0.29) is 5.92 Å². The molecule has 0 spiro atoms. The SMILES string of the molecule is C#CC1C(CC=O)=CC/C1=C/C(CCc1ccc(O)cc1C)=C(\C)C1CC1. The third-order valence-corrected chi connectivity index (χ3v) is 5.87. The van der Waals surface area contributed by atoms with Crippen LogP contribution < -0.4 is 0 Å². The third kappa shape index (κ3) is 4.61. The highest BCUT2D eigenvalue weighted by Gasteiger charge is 2.26. The molecule has 2 nitrogen and oxygen atoms in total. The van der Waals surface area contributed by atoms with Crippen LogP contribution in [0.4, 0.5) is 0 Å². The van der Waals surface area contributed by atoms with Gasteiger partial charge in [0.25, 0.3) is 0 Å². The highest BCUT2D eigenvalue weighted by molar-refractivity contribution is 5.58. The number of terminal acetylenes is 1. The number of aldehydes is 1. The van der Waals surface area contributed by atoms with Gasteiger partial charge in [0.1, 0.15) is 12.0 Å². The molecular formula is C25H28O2. The van der Waals surface area contributed by atoms with Crippen molar-refractivity contribution in [3.63, 3.8) is 0 Å². The molecule has 0 aliphatic heterocycles. The number of aromatic hydroxyl groups is 1. The first-order valence-electron chi connectivity index (χ1n) is 9.80. The fourth-order valence-electron chi connectivity index (χ4n) is 3.99. The Hall–Kier alpha value is -2.53. The van der Waals surface area contributed by atoms with Crippen LogP contribution in [0, 0.1) is 31.1 Å². The zero-order valence-electron chi connectivity index (χ0n) is 16.3. The number of phenols is 1. The van der Waals surface area contributed by atoms with Crippen LogP contribution >= 0.6 is 0 Å². The molecule has 0 aromatic heterocycles. The lowest BCUT2D eigenvalue weighted by atomic mass is 9.90. The van der Waals surface area contributed by atoms with Gasteiger partial charge in [0.05, 0.1) is 5.92 Å². The van der Waals surface area contributed by atoms with Crippen molar-refractivity contribution in [2.24, 2.45) is 11.8 Å². The average molecular weight is 360 g/mol. The summed E-state index contributed by atoms with van der Waals surface area (Å²) in [5.41, 5.74) is 7.58. The van der Waals surface area contributed by atoms with Gasteiger partial charge in [0.15, 0.2) is 0 Å². The van der Waals surface area contributed by atoms with Gasteiger partial charge in [-0.1, -0.05) is 29.7 Å². The van der Waals surface area contributed by atoms with E-state index >= 15 is 0 Å². The second-order valence-electron chi connectivity index (χ2n) is 7.77. The van der Waals surface area contributed by atoms with Gasteiger partial charge in [-0.15, -0.1) is 6.42 Å². The molecule has 1 fully saturated rings. The van der Waals surface area contributed by atoms with Crippen molar-refractivity contribution >= 4 is 6.29 Å². The Morgan fingerprint density at radius 1 is 1.37 bits per heavy atom. The summed E-state index contributed by atoms with van der Waals surface area (Å²) in [5, 5.41) is 9.63. The maximum atomic E-state index is 10.9. The molecule has 2 aliphatic rings. The van der Waals surface area contributed by atoms with Crippen molar-refractivity contribution in [3.05, 3.63) is 63.8 Å². The Balaban J connectivity index is 1.82. The number of allylic oxidation sites excluding steroid dienone is 6. The zero-order chi connectivity index (χ0) is 19.4. The molecule has 27 heavy (non-hydrogen) atoms. The molecule has 1 unspecified atom stereocenters. The molecule has 0 amide bonds. The fourth-order valence-corrected chi connectivity index (χ4v) is 3.99. The largest absolute Gasteiger partial charge is 0.508 e. The van der Waals surface area contributed by atoms with Crippen LogP contribution in [-0.4, -0.2) is 11.4 Å². The summed E-state index contributed by atoms with van der Waals surface area (Å²) in [6.07, 6.45) is 16.9. The Morgan fingerprint density at radius 3 is 2.78 bits per heavy atom. The van der Waals surface area contributed by atoms with Crippen LogP contribution in [-0.2, 0) is 11.2 Å². The second-order valence-corrected chi connectivity index (χ2v) is 7.77. The summed E-state index contributed by atoms with van der Waals surface area (Å²) in [5.74, 6) is 3.88. The lowest BCUT2D eigenvalue weighted by Gasteiger charge is -2.14. The van der Waals surface area contributed by atoms with Gasteiger partial charge >= 0.3 is 0 Å². The molecule has 1 aromatic carbocycles. The number of hydrogen-bond acceptors (Lipinski definition) is 2. The molecule has 0 radical (unpaired) electrons.